The first-order chi connectivity index (χ1) is 9.22. The van der Waals surface area contributed by atoms with Gasteiger partial charge in [-0.3, -0.25) is 0 Å². The van der Waals surface area contributed by atoms with Gasteiger partial charge in [0.25, 0.3) is 0 Å². The van der Waals surface area contributed by atoms with Crippen LogP contribution in [0.25, 0.3) is 0 Å². The molecule has 1 aliphatic carbocycles. The molecule has 106 valence electrons. The zero-order chi connectivity index (χ0) is 13.7. The lowest BCUT2D eigenvalue weighted by Crippen LogP contribution is -2.35. The van der Waals surface area contributed by atoms with E-state index in [1.54, 1.807) is 0 Å². The van der Waals surface area contributed by atoms with Crippen molar-refractivity contribution < 1.29 is 0 Å². The summed E-state index contributed by atoms with van der Waals surface area (Å²) in [6.07, 6.45) is 8.09. The van der Waals surface area contributed by atoms with Crippen molar-refractivity contribution in [3.8, 4) is 0 Å². The third kappa shape index (κ3) is 4.07. The number of nitrogens with one attached hydrogen (secondary N) is 1. The number of aryl methyl sites for hydroxylation is 1. The second kappa shape index (κ2) is 7.09. The van der Waals surface area contributed by atoms with E-state index in [2.05, 4.69) is 50.4 Å². The van der Waals surface area contributed by atoms with Gasteiger partial charge in [0.05, 0.1) is 0 Å². The van der Waals surface area contributed by atoms with Crippen LogP contribution in [-0.2, 0) is 0 Å². The molecule has 1 nitrogen and oxygen atoms in total. The third-order valence-electron chi connectivity index (χ3n) is 4.75. The molecule has 1 N–H and O–H groups in total. The lowest BCUT2D eigenvalue weighted by Gasteiger charge is -2.32. The van der Waals surface area contributed by atoms with Crippen molar-refractivity contribution in [3.63, 3.8) is 0 Å². The predicted octanol–water partition coefficient (Wildman–Crippen LogP) is 5.00. The van der Waals surface area contributed by atoms with Crippen LogP contribution < -0.4 is 5.32 Å². The maximum absolute atomic E-state index is 3.89. The van der Waals surface area contributed by atoms with Gasteiger partial charge in [-0.05, 0) is 50.5 Å². The molecule has 2 rings (SSSR count). The minimum atomic E-state index is 0.531. The number of rotatable bonds is 5. The van der Waals surface area contributed by atoms with Crippen LogP contribution in [-0.4, -0.2) is 6.04 Å². The van der Waals surface area contributed by atoms with Crippen molar-refractivity contribution in [1.29, 1.82) is 0 Å². The summed E-state index contributed by atoms with van der Waals surface area (Å²) in [5.41, 5.74) is 2.80. The van der Waals surface area contributed by atoms with Gasteiger partial charge in [-0.2, -0.15) is 0 Å². The van der Waals surface area contributed by atoms with Gasteiger partial charge < -0.3 is 5.32 Å². The molecule has 0 aromatic heterocycles. The van der Waals surface area contributed by atoms with E-state index in [-0.39, 0.29) is 0 Å². The average molecular weight is 259 g/mol. The second-order valence-electron chi connectivity index (χ2n) is 6.16. The summed E-state index contributed by atoms with van der Waals surface area (Å²) in [5, 5.41) is 3.89. The van der Waals surface area contributed by atoms with Crippen LogP contribution in [0.5, 0.6) is 0 Å². The summed E-state index contributed by atoms with van der Waals surface area (Å²) in [7, 11) is 0. The molecule has 1 fully saturated rings. The predicted molar refractivity (Wildman–Crippen MR) is 83.4 cm³/mol. The van der Waals surface area contributed by atoms with Gasteiger partial charge in [-0.25, -0.2) is 0 Å². The summed E-state index contributed by atoms with van der Waals surface area (Å²) in [6.45, 7) is 6.78. The quantitative estimate of drug-likeness (QED) is 0.784. The lowest BCUT2D eigenvalue weighted by atomic mass is 9.84. The largest absolute Gasteiger partial charge is 0.307 e. The Morgan fingerprint density at radius 2 is 1.68 bits per heavy atom. The zero-order valence-corrected chi connectivity index (χ0v) is 12.8. The summed E-state index contributed by atoms with van der Waals surface area (Å²) < 4.78 is 0. The van der Waals surface area contributed by atoms with Crippen molar-refractivity contribution >= 4 is 0 Å². The molecule has 0 spiro atoms. The molecule has 0 bridgehead atoms. The van der Waals surface area contributed by atoms with Gasteiger partial charge in [0.15, 0.2) is 0 Å². The summed E-state index contributed by atoms with van der Waals surface area (Å²) in [6, 6.07) is 10.3. The molecule has 0 amide bonds. The molecule has 1 aromatic carbocycles. The smallest absolute Gasteiger partial charge is 0.0320 e. The van der Waals surface area contributed by atoms with E-state index in [1.165, 1.54) is 49.7 Å². The fourth-order valence-corrected chi connectivity index (χ4v) is 3.27. The minimum Gasteiger partial charge on any atom is -0.307 e. The Morgan fingerprint density at radius 1 is 1.05 bits per heavy atom. The van der Waals surface area contributed by atoms with Crippen LogP contribution >= 0.6 is 0 Å². The molecule has 1 unspecified atom stereocenters. The molecular formula is C18H29N. The standard InChI is InChI=1S/C18H29N/c1-4-15-8-12-17(13-9-15)19-18(5-2)16-10-6-14(3)7-11-16/h6-7,10-11,15,17-19H,4-5,8-9,12-13H2,1-3H3. The Balaban J connectivity index is 1.91. The first-order valence-electron chi connectivity index (χ1n) is 8.05. The van der Waals surface area contributed by atoms with Crippen LogP contribution in [0, 0.1) is 12.8 Å². The average Bonchev–Trinajstić information content (AvgIpc) is 2.46. The molecule has 0 radical (unpaired) electrons. The van der Waals surface area contributed by atoms with Gasteiger partial charge in [0, 0.05) is 12.1 Å². The highest BCUT2D eigenvalue weighted by molar-refractivity contribution is 5.24. The number of hydrogen-bond donors (Lipinski definition) is 1. The van der Waals surface area contributed by atoms with Crippen molar-refractivity contribution in [2.45, 2.75) is 71.4 Å². The summed E-state index contributed by atoms with van der Waals surface area (Å²) >= 11 is 0. The molecule has 1 saturated carbocycles. The molecule has 19 heavy (non-hydrogen) atoms. The van der Waals surface area contributed by atoms with Crippen molar-refractivity contribution in [1.82, 2.24) is 5.32 Å². The third-order valence-corrected chi connectivity index (χ3v) is 4.75. The van der Waals surface area contributed by atoms with E-state index in [9.17, 15) is 0 Å². The molecule has 1 aromatic rings. The van der Waals surface area contributed by atoms with Crippen LogP contribution in [0.15, 0.2) is 24.3 Å². The SMILES string of the molecule is CCC1CCC(NC(CC)c2ccc(C)cc2)CC1. The molecule has 0 aliphatic heterocycles. The van der Waals surface area contributed by atoms with Gasteiger partial charge in [-0.15, -0.1) is 0 Å². The first kappa shape index (κ1) is 14.6. The van der Waals surface area contributed by atoms with E-state index >= 15 is 0 Å². The number of benzene rings is 1. The molecule has 0 heterocycles. The Labute approximate surface area is 118 Å². The zero-order valence-electron chi connectivity index (χ0n) is 12.8. The van der Waals surface area contributed by atoms with Crippen LogP contribution in [0.4, 0.5) is 0 Å². The highest BCUT2D eigenvalue weighted by Gasteiger charge is 2.22. The molecular weight excluding hydrogens is 230 g/mol. The lowest BCUT2D eigenvalue weighted by molar-refractivity contribution is 0.267. The Kier molecular flexibility index (Phi) is 5.45. The maximum Gasteiger partial charge on any atom is 0.0320 e. The van der Waals surface area contributed by atoms with E-state index in [4.69, 9.17) is 0 Å². The van der Waals surface area contributed by atoms with Crippen molar-refractivity contribution in [3.05, 3.63) is 35.4 Å². The number of hydrogen-bond acceptors (Lipinski definition) is 1. The van der Waals surface area contributed by atoms with Gasteiger partial charge in [-0.1, -0.05) is 50.1 Å². The molecule has 1 aliphatic rings. The maximum atomic E-state index is 3.89. The highest BCUT2D eigenvalue weighted by Crippen LogP contribution is 2.28. The Morgan fingerprint density at radius 3 is 2.21 bits per heavy atom. The monoisotopic (exact) mass is 259 g/mol. The van der Waals surface area contributed by atoms with Gasteiger partial charge in [0.2, 0.25) is 0 Å². The van der Waals surface area contributed by atoms with E-state index in [0.29, 0.717) is 6.04 Å². The topological polar surface area (TPSA) is 12.0 Å². The van der Waals surface area contributed by atoms with Gasteiger partial charge in [0.1, 0.15) is 0 Å². The highest BCUT2D eigenvalue weighted by atomic mass is 14.9. The summed E-state index contributed by atoms with van der Waals surface area (Å²) in [4.78, 5) is 0. The van der Waals surface area contributed by atoms with E-state index in [1.807, 2.05) is 0 Å². The van der Waals surface area contributed by atoms with Crippen LogP contribution in [0.1, 0.15) is 69.5 Å². The fourth-order valence-electron chi connectivity index (χ4n) is 3.27. The normalized spacial score (nSPS) is 25.2. The minimum absolute atomic E-state index is 0.531. The second-order valence-corrected chi connectivity index (χ2v) is 6.16. The van der Waals surface area contributed by atoms with Crippen LogP contribution in [0.3, 0.4) is 0 Å². The van der Waals surface area contributed by atoms with Crippen molar-refractivity contribution in [2.75, 3.05) is 0 Å². The van der Waals surface area contributed by atoms with Gasteiger partial charge >= 0.3 is 0 Å². The Bertz CT molecular complexity index is 360. The summed E-state index contributed by atoms with van der Waals surface area (Å²) in [5.74, 6) is 0.984. The fraction of sp³-hybridized carbons (Fsp3) is 0.667. The van der Waals surface area contributed by atoms with E-state index < -0.39 is 0 Å². The molecule has 1 atom stereocenters. The van der Waals surface area contributed by atoms with Crippen molar-refractivity contribution in [2.24, 2.45) is 5.92 Å². The first-order valence-corrected chi connectivity index (χ1v) is 8.05. The van der Waals surface area contributed by atoms with E-state index in [0.717, 1.165) is 12.0 Å². The molecule has 1 heteroatoms. The molecule has 0 saturated heterocycles. The van der Waals surface area contributed by atoms with Crippen LogP contribution in [0.2, 0.25) is 0 Å². The Hall–Kier alpha value is -0.820.